The van der Waals surface area contributed by atoms with Crippen LogP contribution >= 0.6 is 0 Å². The number of aliphatic hydroxyl groups is 1. The van der Waals surface area contributed by atoms with Crippen molar-refractivity contribution in [3.8, 4) is 0 Å². The molecule has 1 aromatic heterocycles. The van der Waals surface area contributed by atoms with Gasteiger partial charge in [-0.05, 0) is 18.6 Å². The summed E-state index contributed by atoms with van der Waals surface area (Å²) in [5.41, 5.74) is 0.598. The van der Waals surface area contributed by atoms with Crippen LogP contribution < -0.4 is 0 Å². The fraction of sp³-hybridized carbons (Fsp3) is 0.429. The van der Waals surface area contributed by atoms with Gasteiger partial charge in [-0.2, -0.15) is 0 Å². The Hall–Kier alpha value is -0.810. The van der Waals surface area contributed by atoms with Crippen molar-refractivity contribution in [1.29, 1.82) is 0 Å². The molecule has 0 aliphatic rings. The van der Waals surface area contributed by atoms with Crippen LogP contribution in [-0.2, 0) is 10.0 Å². The average Bonchev–Trinajstić information content (AvgIpc) is 2.30. The first-order valence-electron chi connectivity index (χ1n) is 3.48. The van der Waals surface area contributed by atoms with Gasteiger partial charge in [-0.25, -0.2) is 8.42 Å². The minimum Gasteiger partial charge on any atom is -0.389 e. The molecular weight excluding hydrogens is 178 g/mol. The summed E-state index contributed by atoms with van der Waals surface area (Å²) < 4.78 is 23.0. The summed E-state index contributed by atoms with van der Waals surface area (Å²) in [7, 11) is -3.21. The second-order valence-electron chi connectivity index (χ2n) is 2.71. The number of nitrogens with zero attached hydrogens (tertiary/aromatic N) is 1. The number of hydrogen-bond donors (Lipinski definition) is 1. The van der Waals surface area contributed by atoms with Gasteiger partial charge in [0.25, 0.3) is 0 Å². The summed E-state index contributed by atoms with van der Waals surface area (Å²) in [6.07, 6.45) is 3.30. The van der Waals surface area contributed by atoms with Crippen LogP contribution in [0.15, 0.2) is 18.5 Å². The predicted octanol–water partition coefficient (Wildman–Crippen LogP) is 0.349. The number of rotatable bonds is 2. The Morgan fingerprint density at radius 3 is 2.42 bits per heavy atom. The van der Waals surface area contributed by atoms with Gasteiger partial charge >= 0.3 is 0 Å². The Kier molecular flexibility index (Phi) is 2.25. The zero-order valence-electron chi connectivity index (χ0n) is 6.93. The molecule has 0 fully saturated rings. The van der Waals surface area contributed by atoms with Crippen LogP contribution in [0.1, 0.15) is 18.6 Å². The van der Waals surface area contributed by atoms with E-state index < -0.39 is 16.1 Å². The third-order valence-electron chi connectivity index (χ3n) is 1.56. The molecular formula is C7H11NO3S. The molecule has 0 aromatic carbocycles. The summed E-state index contributed by atoms with van der Waals surface area (Å²) in [5, 5.41) is 9.09. The third kappa shape index (κ3) is 1.86. The molecule has 0 aliphatic carbocycles. The maximum atomic E-state index is 11.0. The molecule has 4 nitrogen and oxygen atoms in total. The lowest BCUT2D eigenvalue weighted by Crippen LogP contribution is -2.06. The van der Waals surface area contributed by atoms with Crippen molar-refractivity contribution in [2.45, 2.75) is 13.0 Å². The van der Waals surface area contributed by atoms with Crippen molar-refractivity contribution in [2.75, 3.05) is 6.26 Å². The maximum absolute atomic E-state index is 11.0. The van der Waals surface area contributed by atoms with E-state index in [0.717, 1.165) is 10.2 Å². The van der Waals surface area contributed by atoms with Crippen LogP contribution in [-0.4, -0.2) is 23.8 Å². The molecule has 68 valence electrons. The van der Waals surface area contributed by atoms with Crippen LogP contribution in [0.2, 0.25) is 0 Å². The second-order valence-corrected chi connectivity index (χ2v) is 4.60. The van der Waals surface area contributed by atoms with Crippen molar-refractivity contribution < 1.29 is 13.5 Å². The van der Waals surface area contributed by atoms with Crippen molar-refractivity contribution >= 4 is 10.0 Å². The molecule has 1 rings (SSSR count). The van der Waals surface area contributed by atoms with Crippen LogP contribution in [0.3, 0.4) is 0 Å². The molecule has 0 radical (unpaired) electrons. The maximum Gasteiger partial charge on any atom is 0.235 e. The first-order valence-corrected chi connectivity index (χ1v) is 5.32. The van der Waals surface area contributed by atoms with E-state index in [4.69, 9.17) is 5.11 Å². The van der Waals surface area contributed by atoms with Gasteiger partial charge in [0.15, 0.2) is 0 Å². The van der Waals surface area contributed by atoms with Crippen molar-refractivity contribution in [3.05, 3.63) is 24.0 Å². The molecule has 0 amide bonds. The molecule has 1 unspecified atom stereocenters. The van der Waals surface area contributed by atoms with E-state index >= 15 is 0 Å². The molecule has 12 heavy (non-hydrogen) atoms. The SMILES string of the molecule is CC(O)c1ccn(S(C)(=O)=O)c1. The highest BCUT2D eigenvalue weighted by atomic mass is 32.2. The highest BCUT2D eigenvalue weighted by molar-refractivity contribution is 7.89. The van der Waals surface area contributed by atoms with Gasteiger partial charge in [0.05, 0.1) is 12.4 Å². The topological polar surface area (TPSA) is 59.3 Å². The Bertz CT molecular complexity index is 364. The number of aliphatic hydroxyl groups excluding tert-OH is 1. The minimum atomic E-state index is -3.21. The summed E-state index contributed by atoms with van der Waals surface area (Å²) in [4.78, 5) is 0. The molecule has 5 heteroatoms. The monoisotopic (exact) mass is 189 g/mol. The minimum absolute atomic E-state index is 0.598. The summed E-state index contributed by atoms with van der Waals surface area (Å²) in [5.74, 6) is 0. The van der Waals surface area contributed by atoms with Crippen LogP contribution in [0.25, 0.3) is 0 Å². The smallest absolute Gasteiger partial charge is 0.235 e. The lowest BCUT2D eigenvalue weighted by atomic mass is 10.2. The zero-order valence-corrected chi connectivity index (χ0v) is 7.75. The van der Waals surface area contributed by atoms with Gasteiger partial charge < -0.3 is 5.11 Å². The van der Waals surface area contributed by atoms with Gasteiger partial charge in [-0.15, -0.1) is 0 Å². The van der Waals surface area contributed by atoms with Crippen molar-refractivity contribution in [3.63, 3.8) is 0 Å². The summed E-state index contributed by atoms with van der Waals surface area (Å²) in [6, 6.07) is 1.58. The van der Waals surface area contributed by atoms with Crippen LogP contribution in [0.5, 0.6) is 0 Å². The molecule has 1 heterocycles. The van der Waals surface area contributed by atoms with Crippen LogP contribution in [0, 0.1) is 0 Å². The first-order chi connectivity index (χ1) is 5.41. The average molecular weight is 189 g/mol. The van der Waals surface area contributed by atoms with E-state index in [1.54, 1.807) is 13.0 Å². The zero-order chi connectivity index (χ0) is 9.35. The Morgan fingerprint density at radius 2 is 2.17 bits per heavy atom. The number of aromatic nitrogens is 1. The van der Waals surface area contributed by atoms with Gasteiger partial charge in [0.1, 0.15) is 0 Å². The Morgan fingerprint density at radius 1 is 1.58 bits per heavy atom. The third-order valence-corrected chi connectivity index (χ3v) is 2.55. The van der Waals surface area contributed by atoms with Crippen molar-refractivity contribution in [1.82, 2.24) is 3.97 Å². The molecule has 1 N–H and O–H groups in total. The van der Waals surface area contributed by atoms with Gasteiger partial charge in [0.2, 0.25) is 10.0 Å². The Labute approximate surface area is 71.5 Å². The van der Waals surface area contributed by atoms with Gasteiger partial charge in [0, 0.05) is 12.4 Å². The van der Waals surface area contributed by atoms with E-state index in [-0.39, 0.29) is 0 Å². The van der Waals surface area contributed by atoms with E-state index in [9.17, 15) is 8.42 Å². The van der Waals surface area contributed by atoms with E-state index in [1.807, 2.05) is 0 Å². The molecule has 0 saturated carbocycles. The first kappa shape index (κ1) is 9.28. The summed E-state index contributed by atoms with van der Waals surface area (Å²) >= 11 is 0. The molecule has 0 bridgehead atoms. The molecule has 0 aliphatic heterocycles. The van der Waals surface area contributed by atoms with E-state index in [1.165, 1.54) is 12.4 Å². The fourth-order valence-corrected chi connectivity index (χ4v) is 1.44. The fourth-order valence-electron chi connectivity index (χ4n) is 0.846. The van der Waals surface area contributed by atoms with E-state index in [0.29, 0.717) is 5.56 Å². The van der Waals surface area contributed by atoms with Gasteiger partial charge in [-0.3, -0.25) is 3.97 Å². The summed E-state index contributed by atoms with van der Waals surface area (Å²) in [6.45, 7) is 1.59. The molecule has 1 aromatic rings. The highest BCUT2D eigenvalue weighted by Gasteiger charge is 2.07. The standard InChI is InChI=1S/C7H11NO3S/c1-6(9)7-3-4-8(5-7)12(2,10)11/h3-6,9H,1-2H3. The van der Waals surface area contributed by atoms with Gasteiger partial charge in [-0.1, -0.05) is 0 Å². The second kappa shape index (κ2) is 2.91. The predicted molar refractivity (Wildman–Crippen MR) is 45.3 cm³/mol. The van der Waals surface area contributed by atoms with E-state index in [2.05, 4.69) is 0 Å². The molecule has 0 spiro atoms. The van der Waals surface area contributed by atoms with Crippen molar-refractivity contribution in [2.24, 2.45) is 0 Å². The highest BCUT2D eigenvalue weighted by Crippen LogP contribution is 2.12. The molecule has 1 atom stereocenters. The molecule has 0 saturated heterocycles. The normalized spacial score (nSPS) is 14.6. The lowest BCUT2D eigenvalue weighted by molar-refractivity contribution is 0.199. The Balaban J connectivity index is 3.09. The largest absolute Gasteiger partial charge is 0.389 e. The van der Waals surface area contributed by atoms with Crippen LogP contribution in [0.4, 0.5) is 0 Å². The quantitative estimate of drug-likeness (QED) is 0.730. The number of hydrogen-bond acceptors (Lipinski definition) is 3. The lowest BCUT2D eigenvalue weighted by Gasteiger charge is -1.99.